The molecule has 84 valence electrons. The van der Waals surface area contributed by atoms with Crippen LogP contribution in [0.4, 0.5) is 4.39 Å². The van der Waals surface area contributed by atoms with Crippen molar-refractivity contribution >= 4 is 0 Å². The summed E-state index contributed by atoms with van der Waals surface area (Å²) < 4.78 is 18.2. The lowest BCUT2D eigenvalue weighted by molar-refractivity contribution is 0.266. The molecule has 1 rings (SSSR count). The minimum atomic E-state index is -0.302. The first-order valence-electron chi connectivity index (χ1n) is 4.84. The number of benzene rings is 1. The third kappa shape index (κ3) is 2.91. The van der Waals surface area contributed by atoms with Gasteiger partial charge in [0.1, 0.15) is 11.6 Å². The van der Waals surface area contributed by atoms with Crippen molar-refractivity contribution in [2.24, 2.45) is 0 Å². The standard InChI is InChI=1S/C11H16FNO2/c1-13-10(5-6-14)9-7-8(12)3-4-11(9)15-2/h3-4,7,10,13-14H,5-6H2,1-2H3. The van der Waals surface area contributed by atoms with Gasteiger partial charge in [0.25, 0.3) is 0 Å². The molecule has 4 heteroatoms. The summed E-state index contributed by atoms with van der Waals surface area (Å²) in [6.45, 7) is 0.0468. The van der Waals surface area contributed by atoms with Crippen molar-refractivity contribution in [1.29, 1.82) is 0 Å². The van der Waals surface area contributed by atoms with Crippen LogP contribution in [0, 0.1) is 5.82 Å². The third-order valence-corrected chi connectivity index (χ3v) is 2.33. The van der Waals surface area contributed by atoms with E-state index in [-0.39, 0.29) is 18.5 Å². The number of halogens is 1. The zero-order chi connectivity index (χ0) is 11.3. The Morgan fingerprint density at radius 3 is 2.80 bits per heavy atom. The van der Waals surface area contributed by atoms with Crippen molar-refractivity contribution in [2.75, 3.05) is 20.8 Å². The minimum absolute atomic E-state index is 0.0468. The van der Waals surface area contributed by atoms with Gasteiger partial charge in [0.2, 0.25) is 0 Å². The Labute approximate surface area is 88.9 Å². The largest absolute Gasteiger partial charge is 0.496 e. The van der Waals surface area contributed by atoms with Crippen LogP contribution in [0.3, 0.4) is 0 Å². The molecule has 1 aromatic rings. The van der Waals surface area contributed by atoms with Crippen LogP contribution in [0.2, 0.25) is 0 Å². The summed E-state index contributed by atoms with van der Waals surface area (Å²) in [6.07, 6.45) is 0.524. The Hall–Kier alpha value is -1.13. The predicted octanol–water partition coefficient (Wildman–Crippen LogP) is 1.48. The van der Waals surface area contributed by atoms with Crippen LogP contribution in [0.1, 0.15) is 18.0 Å². The van der Waals surface area contributed by atoms with Gasteiger partial charge in [-0.2, -0.15) is 0 Å². The summed E-state index contributed by atoms with van der Waals surface area (Å²) in [6, 6.07) is 4.27. The SMILES string of the molecule is CNC(CCO)c1cc(F)ccc1OC. The van der Waals surface area contributed by atoms with Gasteiger partial charge in [0.15, 0.2) is 0 Å². The highest BCUT2D eigenvalue weighted by Gasteiger charge is 2.14. The Balaban J connectivity index is 3.02. The van der Waals surface area contributed by atoms with Crippen molar-refractivity contribution in [3.8, 4) is 5.75 Å². The number of nitrogens with one attached hydrogen (secondary N) is 1. The molecule has 1 atom stereocenters. The second kappa shape index (κ2) is 5.68. The fourth-order valence-corrected chi connectivity index (χ4v) is 1.56. The van der Waals surface area contributed by atoms with Gasteiger partial charge in [0.05, 0.1) is 7.11 Å². The molecule has 2 N–H and O–H groups in total. The molecular weight excluding hydrogens is 197 g/mol. The molecule has 0 aliphatic carbocycles. The first kappa shape index (κ1) is 11.9. The summed E-state index contributed by atoms with van der Waals surface area (Å²) in [4.78, 5) is 0. The topological polar surface area (TPSA) is 41.5 Å². The van der Waals surface area contributed by atoms with E-state index < -0.39 is 0 Å². The molecule has 0 saturated heterocycles. The van der Waals surface area contributed by atoms with Crippen LogP contribution in [0.5, 0.6) is 5.75 Å². The number of aliphatic hydroxyl groups is 1. The maximum atomic E-state index is 13.1. The highest BCUT2D eigenvalue weighted by atomic mass is 19.1. The summed E-state index contributed by atoms with van der Waals surface area (Å²) in [5.74, 6) is 0.327. The van der Waals surface area contributed by atoms with Crippen LogP contribution in [0.25, 0.3) is 0 Å². The Bertz CT molecular complexity index is 317. The highest BCUT2D eigenvalue weighted by molar-refractivity contribution is 5.36. The lowest BCUT2D eigenvalue weighted by Gasteiger charge is -2.18. The first-order chi connectivity index (χ1) is 7.22. The van der Waals surface area contributed by atoms with Crippen molar-refractivity contribution in [3.63, 3.8) is 0 Å². The normalized spacial score (nSPS) is 12.5. The van der Waals surface area contributed by atoms with E-state index in [0.717, 1.165) is 5.56 Å². The summed E-state index contributed by atoms with van der Waals surface area (Å²) in [7, 11) is 3.31. The Morgan fingerprint density at radius 2 is 2.27 bits per heavy atom. The van der Waals surface area contributed by atoms with Crippen molar-refractivity contribution in [3.05, 3.63) is 29.6 Å². The van der Waals surface area contributed by atoms with E-state index in [4.69, 9.17) is 9.84 Å². The first-order valence-corrected chi connectivity index (χ1v) is 4.84. The lowest BCUT2D eigenvalue weighted by Crippen LogP contribution is -2.18. The molecule has 0 spiro atoms. The maximum Gasteiger partial charge on any atom is 0.123 e. The monoisotopic (exact) mass is 213 g/mol. The molecule has 0 bridgehead atoms. The number of methoxy groups -OCH3 is 1. The van der Waals surface area contributed by atoms with E-state index in [1.807, 2.05) is 0 Å². The second-order valence-corrected chi connectivity index (χ2v) is 3.24. The van der Waals surface area contributed by atoms with E-state index >= 15 is 0 Å². The van der Waals surface area contributed by atoms with Gasteiger partial charge in [-0.1, -0.05) is 0 Å². The Kier molecular flexibility index (Phi) is 4.52. The van der Waals surface area contributed by atoms with E-state index in [2.05, 4.69) is 5.32 Å². The average molecular weight is 213 g/mol. The van der Waals surface area contributed by atoms with Crippen molar-refractivity contribution in [1.82, 2.24) is 5.32 Å². The number of hydrogen-bond donors (Lipinski definition) is 2. The number of aliphatic hydroxyl groups excluding tert-OH is 1. The van der Waals surface area contributed by atoms with E-state index in [1.165, 1.54) is 12.1 Å². The van der Waals surface area contributed by atoms with Crippen molar-refractivity contribution < 1.29 is 14.2 Å². The fourth-order valence-electron chi connectivity index (χ4n) is 1.56. The summed E-state index contributed by atoms with van der Waals surface area (Å²) in [5.41, 5.74) is 0.731. The van der Waals surface area contributed by atoms with Crippen molar-refractivity contribution in [2.45, 2.75) is 12.5 Å². The number of ether oxygens (including phenoxy) is 1. The molecule has 0 aromatic heterocycles. The van der Waals surface area contributed by atoms with Gasteiger partial charge in [0, 0.05) is 18.2 Å². The smallest absolute Gasteiger partial charge is 0.123 e. The van der Waals surface area contributed by atoms with Crippen LogP contribution in [-0.2, 0) is 0 Å². The van der Waals surface area contributed by atoms with Crippen LogP contribution in [-0.4, -0.2) is 25.9 Å². The van der Waals surface area contributed by atoms with Gasteiger partial charge < -0.3 is 15.2 Å². The molecule has 0 radical (unpaired) electrons. The summed E-state index contributed by atoms with van der Waals surface area (Å²) >= 11 is 0. The molecule has 15 heavy (non-hydrogen) atoms. The van der Waals surface area contributed by atoms with Gasteiger partial charge in [-0.05, 0) is 31.7 Å². The minimum Gasteiger partial charge on any atom is -0.496 e. The third-order valence-electron chi connectivity index (χ3n) is 2.33. The van der Waals surface area contributed by atoms with E-state index in [1.54, 1.807) is 20.2 Å². The highest BCUT2D eigenvalue weighted by Crippen LogP contribution is 2.27. The van der Waals surface area contributed by atoms with Crippen LogP contribution in [0.15, 0.2) is 18.2 Å². The molecule has 0 aliphatic heterocycles. The van der Waals surface area contributed by atoms with E-state index in [0.29, 0.717) is 12.2 Å². The van der Waals surface area contributed by atoms with Gasteiger partial charge >= 0.3 is 0 Å². The molecule has 1 aromatic carbocycles. The van der Waals surface area contributed by atoms with Gasteiger partial charge in [-0.3, -0.25) is 0 Å². The predicted molar refractivity (Wildman–Crippen MR) is 56.5 cm³/mol. The van der Waals surface area contributed by atoms with Crippen LogP contribution >= 0.6 is 0 Å². The number of rotatable bonds is 5. The molecule has 3 nitrogen and oxygen atoms in total. The zero-order valence-electron chi connectivity index (χ0n) is 8.96. The maximum absolute atomic E-state index is 13.1. The lowest BCUT2D eigenvalue weighted by atomic mass is 10.0. The fraction of sp³-hybridized carbons (Fsp3) is 0.455. The molecule has 1 unspecified atom stereocenters. The molecule has 0 fully saturated rings. The van der Waals surface area contributed by atoms with Gasteiger partial charge in [-0.25, -0.2) is 4.39 Å². The molecule has 0 saturated carbocycles. The quantitative estimate of drug-likeness (QED) is 0.778. The molecule has 0 aliphatic rings. The average Bonchev–Trinajstić information content (AvgIpc) is 2.26. The second-order valence-electron chi connectivity index (χ2n) is 3.24. The summed E-state index contributed by atoms with van der Waals surface area (Å²) in [5, 5.41) is 11.9. The van der Waals surface area contributed by atoms with Crippen LogP contribution < -0.4 is 10.1 Å². The van der Waals surface area contributed by atoms with Gasteiger partial charge in [-0.15, -0.1) is 0 Å². The Morgan fingerprint density at radius 1 is 1.53 bits per heavy atom. The molecule has 0 heterocycles. The van der Waals surface area contributed by atoms with E-state index in [9.17, 15) is 4.39 Å². The molecule has 0 amide bonds. The molecular formula is C11H16FNO2. The number of hydrogen-bond acceptors (Lipinski definition) is 3. The zero-order valence-corrected chi connectivity index (χ0v) is 8.96.